The fraction of sp³-hybridized carbons (Fsp3) is 1.00. The van der Waals surface area contributed by atoms with Gasteiger partial charge in [0.1, 0.15) is 0 Å². The van der Waals surface area contributed by atoms with Gasteiger partial charge in [0.2, 0.25) is 0 Å². The standard InChI is InChI=1S/C17H33NO3S/c1-5-17(6-2)15(11-16(17)21-7-3)18(4)12-14-9-8-10-22(19,20)13-14/h14-16H,5-13H2,1-4H3. The van der Waals surface area contributed by atoms with Crippen molar-refractivity contribution in [3.05, 3.63) is 0 Å². The van der Waals surface area contributed by atoms with Crippen LogP contribution in [-0.4, -0.2) is 57.2 Å². The SMILES string of the molecule is CCOC1CC(N(C)CC2CCCS(=O)(=O)C2)C1(CC)CC. The van der Waals surface area contributed by atoms with Crippen LogP contribution in [0.1, 0.15) is 52.9 Å². The van der Waals surface area contributed by atoms with E-state index in [-0.39, 0.29) is 5.41 Å². The normalized spacial score (nSPS) is 33.6. The minimum absolute atomic E-state index is 0.248. The van der Waals surface area contributed by atoms with Crippen molar-refractivity contribution in [1.82, 2.24) is 4.90 Å². The Kier molecular flexibility index (Phi) is 5.95. The molecule has 130 valence electrons. The molecule has 0 radical (unpaired) electrons. The summed E-state index contributed by atoms with van der Waals surface area (Å²) >= 11 is 0. The predicted octanol–water partition coefficient (Wildman–Crippen LogP) is 2.73. The number of rotatable bonds is 7. The zero-order valence-electron chi connectivity index (χ0n) is 14.7. The molecule has 0 bridgehead atoms. The van der Waals surface area contributed by atoms with Gasteiger partial charge in [-0.15, -0.1) is 0 Å². The van der Waals surface area contributed by atoms with E-state index in [2.05, 4.69) is 32.7 Å². The summed E-state index contributed by atoms with van der Waals surface area (Å²) in [5.74, 6) is 1.07. The van der Waals surface area contributed by atoms with Crippen molar-refractivity contribution in [2.75, 3.05) is 31.7 Å². The van der Waals surface area contributed by atoms with Crippen LogP contribution in [0.5, 0.6) is 0 Å². The molecule has 0 amide bonds. The van der Waals surface area contributed by atoms with Crippen LogP contribution in [0.25, 0.3) is 0 Å². The molecule has 1 saturated carbocycles. The van der Waals surface area contributed by atoms with Gasteiger partial charge in [-0.3, -0.25) is 0 Å². The molecule has 22 heavy (non-hydrogen) atoms. The number of hydrogen-bond donors (Lipinski definition) is 0. The largest absolute Gasteiger partial charge is 0.378 e. The van der Waals surface area contributed by atoms with E-state index in [4.69, 9.17) is 4.74 Å². The average Bonchev–Trinajstić information content (AvgIpc) is 2.43. The van der Waals surface area contributed by atoms with Crippen molar-refractivity contribution in [3.8, 4) is 0 Å². The molecule has 2 rings (SSSR count). The quantitative estimate of drug-likeness (QED) is 0.720. The van der Waals surface area contributed by atoms with Gasteiger partial charge in [0.25, 0.3) is 0 Å². The summed E-state index contributed by atoms with van der Waals surface area (Å²) in [5.41, 5.74) is 0.248. The summed E-state index contributed by atoms with van der Waals surface area (Å²) in [6.45, 7) is 8.29. The Balaban J connectivity index is 1.98. The van der Waals surface area contributed by atoms with Crippen molar-refractivity contribution in [1.29, 1.82) is 0 Å². The van der Waals surface area contributed by atoms with Gasteiger partial charge in [-0.2, -0.15) is 0 Å². The lowest BCUT2D eigenvalue weighted by molar-refractivity contribution is -0.168. The van der Waals surface area contributed by atoms with Crippen molar-refractivity contribution in [3.63, 3.8) is 0 Å². The maximum atomic E-state index is 11.8. The van der Waals surface area contributed by atoms with Gasteiger partial charge < -0.3 is 9.64 Å². The zero-order chi connectivity index (χ0) is 16.4. The first-order chi connectivity index (χ1) is 10.4. The lowest BCUT2D eigenvalue weighted by Crippen LogP contribution is -2.64. The maximum absolute atomic E-state index is 11.8. The van der Waals surface area contributed by atoms with Crippen LogP contribution in [0.15, 0.2) is 0 Å². The summed E-state index contributed by atoms with van der Waals surface area (Å²) in [6, 6.07) is 0.531. The van der Waals surface area contributed by atoms with Crippen molar-refractivity contribution >= 4 is 9.84 Å². The smallest absolute Gasteiger partial charge is 0.150 e. The highest BCUT2D eigenvalue weighted by atomic mass is 32.2. The van der Waals surface area contributed by atoms with Crippen LogP contribution >= 0.6 is 0 Å². The molecule has 5 heteroatoms. The third-order valence-corrected chi connectivity index (χ3v) is 7.95. The first-order valence-electron chi connectivity index (χ1n) is 8.90. The Hall–Kier alpha value is -0.130. The molecule has 1 aliphatic heterocycles. The van der Waals surface area contributed by atoms with Crippen molar-refractivity contribution in [2.45, 2.75) is 65.0 Å². The van der Waals surface area contributed by atoms with E-state index in [1.807, 2.05) is 0 Å². The molecule has 1 saturated heterocycles. The lowest BCUT2D eigenvalue weighted by Gasteiger charge is -2.58. The Bertz CT molecular complexity index is 459. The molecule has 2 aliphatic rings. The van der Waals surface area contributed by atoms with Crippen molar-refractivity contribution in [2.24, 2.45) is 11.3 Å². The topological polar surface area (TPSA) is 46.6 Å². The number of nitrogens with zero attached hydrogens (tertiary/aromatic N) is 1. The summed E-state index contributed by atoms with van der Waals surface area (Å²) in [5, 5.41) is 0. The first kappa shape index (κ1) is 18.2. The van der Waals surface area contributed by atoms with E-state index in [0.717, 1.165) is 45.3 Å². The van der Waals surface area contributed by atoms with Gasteiger partial charge >= 0.3 is 0 Å². The maximum Gasteiger partial charge on any atom is 0.150 e. The summed E-state index contributed by atoms with van der Waals surface area (Å²) in [4.78, 5) is 2.42. The monoisotopic (exact) mass is 331 g/mol. The molecule has 0 aromatic carbocycles. The van der Waals surface area contributed by atoms with E-state index in [1.165, 1.54) is 0 Å². The van der Waals surface area contributed by atoms with Gasteiger partial charge in [-0.25, -0.2) is 8.42 Å². The van der Waals surface area contributed by atoms with E-state index >= 15 is 0 Å². The molecule has 0 aromatic heterocycles. The van der Waals surface area contributed by atoms with E-state index in [0.29, 0.717) is 29.6 Å². The summed E-state index contributed by atoms with van der Waals surface area (Å²) in [7, 11) is -0.628. The molecular formula is C17H33NO3S. The molecule has 1 aliphatic carbocycles. The predicted molar refractivity (Wildman–Crippen MR) is 90.8 cm³/mol. The minimum atomic E-state index is -2.80. The second-order valence-electron chi connectivity index (χ2n) is 7.20. The molecule has 0 N–H and O–H groups in total. The third-order valence-electron chi connectivity index (χ3n) is 6.06. The molecule has 3 atom stereocenters. The Morgan fingerprint density at radius 3 is 2.45 bits per heavy atom. The van der Waals surface area contributed by atoms with Gasteiger partial charge in [0.15, 0.2) is 9.84 Å². The molecule has 4 nitrogen and oxygen atoms in total. The first-order valence-corrected chi connectivity index (χ1v) is 10.7. The van der Waals surface area contributed by atoms with Gasteiger partial charge in [0.05, 0.1) is 17.6 Å². The Morgan fingerprint density at radius 1 is 1.23 bits per heavy atom. The van der Waals surface area contributed by atoms with Crippen LogP contribution in [0.3, 0.4) is 0 Å². The molecule has 1 heterocycles. The van der Waals surface area contributed by atoms with Crippen molar-refractivity contribution < 1.29 is 13.2 Å². The van der Waals surface area contributed by atoms with E-state index in [9.17, 15) is 8.42 Å². The average molecular weight is 332 g/mol. The highest BCUT2D eigenvalue weighted by molar-refractivity contribution is 7.91. The molecule has 0 spiro atoms. The molecule has 0 aromatic rings. The Morgan fingerprint density at radius 2 is 1.91 bits per heavy atom. The summed E-state index contributed by atoms with van der Waals surface area (Å²) in [6.07, 6.45) is 5.61. The third kappa shape index (κ3) is 3.51. The van der Waals surface area contributed by atoms with Crippen LogP contribution in [-0.2, 0) is 14.6 Å². The summed E-state index contributed by atoms with van der Waals surface area (Å²) < 4.78 is 29.6. The number of sulfone groups is 1. The fourth-order valence-corrected chi connectivity index (χ4v) is 6.52. The van der Waals surface area contributed by atoms with E-state index in [1.54, 1.807) is 0 Å². The van der Waals surface area contributed by atoms with Crippen LogP contribution in [0.2, 0.25) is 0 Å². The van der Waals surface area contributed by atoms with Gasteiger partial charge in [-0.05, 0) is 52.0 Å². The van der Waals surface area contributed by atoms with Crippen LogP contribution in [0, 0.1) is 11.3 Å². The lowest BCUT2D eigenvalue weighted by atomic mass is 9.58. The van der Waals surface area contributed by atoms with Crippen LogP contribution < -0.4 is 0 Å². The van der Waals surface area contributed by atoms with Gasteiger partial charge in [0, 0.05) is 24.6 Å². The number of hydrogen-bond acceptors (Lipinski definition) is 4. The van der Waals surface area contributed by atoms with Crippen LogP contribution in [0.4, 0.5) is 0 Å². The minimum Gasteiger partial charge on any atom is -0.378 e. The zero-order valence-corrected chi connectivity index (χ0v) is 15.5. The van der Waals surface area contributed by atoms with Gasteiger partial charge in [-0.1, -0.05) is 13.8 Å². The second kappa shape index (κ2) is 7.18. The molecule has 3 unspecified atom stereocenters. The fourth-order valence-electron chi connectivity index (χ4n) is 4.75. The highest BCUT2D eigenvalue weighted by Crippen LogP contribution is 2.51. The second-order valence-corrected chi connectivity index (χ2v) is 9.43. The number of ether oxygens (including phenoxy) is 1. The molecule has 2 fully saturated rings. The molecular weight excluding hydrogens is 298 g/mol. The van der Waals surface area contributed by atoms with E-state index < -0.39 is 9.84 Å². The highest BCUT2D eigenvalue weighted by Gasteiger charge is 2.54. The Labute approximate surface area is 136 Å².